The summed E-state index contributed by atoms with van der Waals surface area (Å²) in [5, 5.41) is 9.43. The Labute approximate surface area is 103 Å². The average Bonchev–Trinajstić information content (AvgIpc) is 2.26. The van der Waals surface area contributed by atoms with Crippen molar-refractivity contribution in [3.63, 3.8) is 0 Å². The standard InChI is InChI=1S/C13H25BrO/c1-3-5-6-7-8-9-10-11-12(14)13(15)4-2/h4,12-13,15H,2-3,5-11H2,1H3. The normalized spacial score (nSPS) is 14.9. The molecule has 0 saturated heterocycles. The predicted molar refractivity (Wildman–Crippen MR) is 71.5 cm³/mol. The third-order valence-corrected chi connectivity index (χ3v) is 3.70. The fourth-order valence-corrected chi connectivity index (χ4v) is 2.15. The van der Waals surface area contributed by atoms with Gasteiger partial charge < -0.3 is 5.11 Å². The van der Waals surface area contributed by atoms with Gasteiger partial charge in [-0.15, -0.1) is 6.58 Å². The first-order valence-corrected chi connectivity index (χ1v) is 7.08. The van der Waals surface area contributed by atoms with Crippen molar-refractivity contribution in [2.24, 2.45) is 0 Å². The molecule has 0 amide bonds. The molecule has 0 bridgehead atoms. The molecule has 0 saturated carbocycles. The Morgan fingerprint density at radius 1 is 1.13 bits per heavy atom. The van der Waals surface area contributed by atoms with Gasteiger partial charge in [-0.1, -0.05) is 73.9 Å². The number of aliphatic hydroxyl groups is 1. The van der Waals surface area contributed by atoms with Crippen molar-refractivity contribution in [3.8, 4) is 0 Å². The van der Waals surface area contributed by atoms with Crippen LogP contribution in [0.3, 0.4) is 0 Å². The van der Waals surface area contributed by atoms with E-state index < -0.39 is 6.10 Å². The lowest BCUT2D eigenvalue weighted by atomic mass is 10.1. The van der Waals surface area contributed by atoms with Gasteiger partial charge in [-0.3, -0.25) is 0 Å². The van der Waals surface area contributed by atoms with Crippen LogP contribution in [0, 0.1) is 0 Å². The zero-order valence-electron chi connectivity index (χ0n) is 9.92. The smallest absolute Gasteiger partial charge is 0.0843 e. The number of halogens is 1. The first kappa shape index (κ1) is 15.2. The molecule has 0 spiro atoms. The Morgan fingerprint density at radius 2 is 1.67 bits per heavy atom. The molecule has 0 radical (unpaired) electrons. The van der Waals surface area contributed by atoms with Gasteiger partial charge in [-0.2, -0.15) is 0 Å². The minimum absolute atomic E-state index is 0.186. The second-order valence-electron chi connectivity index (χ2n) is 4.15. The van der Waals surface area contributed by atoms with Crippen molar-refractivity contribution < 1.29 is 5.11 Å². The van der Waals surface area contributed by atoms with Gasteiger partial charge in [-0.05, 0) is 6.42 Å². The van der Waals surface area contributed by atoms with Crippen molar-refractivity contribution in [1.29, 1.82) is 0 Å². The summed E-state index contributed by atoms with van der Waals surface area (Å²) in [6.45, 7) is 5.82. The molecule has 0 rings (SSSR count). The summed E-state index contributed by atoms with van der Waals surface area (Å²) in [6.07, 6.45) is 11.5. The lowest BCUT2D eigenvalue weighted by molar-refractivity contribution is 0.217. The molecule has 0 heterocycles. The summed E-state index contributed by atoms with van der Waals surface area (Å²) in [5.74, 6) is 0. The van der Waals surface area contributed by atoms with E-state index >= 15 is 0 Å². The van der Waals surface area contributed by atoms with E-state index in [9.17, 15) is 5.11 Å². The monoisotopic (exact) mass is 276 g/mol. The summed E-state index contributed by atoms with van der Waals surface area (Å²) in [5.41, 5.74) is 0. The van der Waals surface area contributed by atoms with E-state index in [0.29, 0.717) is 0 Å². The molecule has 0 aliphatic rings. The molecule has 2 atom stereocenters. The summed E-state index contributed by atoms with van der Waals surface area (Å²) in [7, 11) is 0. The molecule has 2 unspecified atom stereocenters. The topological polar surface area (TPSA) is 20.2 Å². The van der Waals surface area contributed by atoms with Gasteiger partial charge in [0.25, 0.3) is 0 Å². The van der Waals surface area contributed by atoms with Crippen molar-refractivity contribution in [3.05, 3.63) is 12.7 Å². The van der Waals surface area contributed by atoms with Crippen LogP contribution < -0.4 is 0 Å². The molecule has 0 aliphatic carbocycles. The first-order chi connectivity index (χ1) is 7.22. The highest BCUT2D eigenvalue weighted by Crippen LogP contribution is 2.16. The second-order valence-corrected chi connectivity index (χ2v) is 5.33. The van der Waals surface area contributed by atoms with Crippen molar-refractivity contribution in [2.45, 2.75) is 69.2 Å². The van der Waals surface area contributed by atoms with Gasteiger partial charge in [0, 0.05) is 4.83 Å². The molecule has 0 aliphatic heterocycles. The Kier molecular flexibility index (Phi) is 10.8. The van der Waals surface area contributed by atoms with Gasteiger partial charge in [0.15, 0.2) is 0 Å². The maximum absolute atomic E-state index is 9.43. The van der Waals surface area contributed by atoms with E-state index in [1.807, 2.05) is 0 Å². The van der Waals surface area contributed by atoms with E-state index in [-0.39, 0.29) is 4.83 Å². The number of rotatable bonds is 10. The summed E-state index contributed by atoms with van der Waals surface area (Å²) in [6, 6.07) is 0. The number of hydrogen-bond acceptors (Lipinski definition) is 1. The molecule has 0 aromatic rings. The van der Waals surface area contributed by atoms with Crippen LogP contribution in [0.4, 0.5) is 0 Å². The molecule has 1 N–H and O–H groups in total. The van der Waals surface area contributed by atoms with E-state index in [4.69, 9.17) is 0 Å². The lowest BCUT2D eigenvalue weighted by Gasteiger charge is -2.12. The maximum Gasteiger partial charge on any atom is 0.0843 e. The van der Waals surface area contributed by atoms with Crippen LogP contribution in [0.1, 0.15) is 58.3 Å². The maximum atomic E-state index is 9.43. The lowest BCUT2D eigenvalue weighted by Crippen LogP contribution is -2.16. The first-order valence-electron chi connectivity index (χ1n) is 6.17. The highest BCUT2D eigenvalue weighted by molar-refractivity contribution is 9.09. The number of hydrogen-bond donors (Lipinski definition) is 1. The van der Waals surface area contributed by atoms with Crippen LogP contribution in [-0.2, 0) is 0 Å². The van der Waals surface area contributed by atoms with Gasteiger partial charge in [-0.25, -0.2) is 0 Å². The molecule has 0 aromatic heterocycles. The number of alkyl halides is 1. The van der Waals surface area contributed by atoms with E-state index in [2.05, 4.69) is 29.4 Å². The van der Waals surface area contributed by atoms with E-state index in [1.54, 1.807) is 6.08 Å². The quantitative estimate of drug-likeness (QED) is 0.355. The number of unbranched alkanes of at least 4 members (excludes halogenated alkanes) is 6. The molecule has 2 heteroatoms. The molecule has 15 heavy (non-hydrogen) atoms. The largest absolute Gasteiger partial charge is 0.388 e. The Hall–Kier alpha value is 0.180. The third kappa shape index (κ3) is 9.13. The van der Waals surface area contributed by atoms with E-state index in [0.717, 1.165) is 6.42 Å². The van der Waals surface area contributed by atoms with Crippen LogP contribution in [0.25, 0.3) is 0 Å². The zero-order valence-corrected chi connectivity index (χ0v) is 11.5. The molecule has 0 aromatic carbocycles. The fourth-order valence-electron chi connectivity index (χ4n) is 1.61. The summed E-state index contributed by atoms with van der Waals surface area (Å²) >= 11 is 3.48. The molecular weight excluding hydrogens is 252 g/mol. The fraction of sp³-hybridized carbons (Fsp3) is 0.846. The zero-order chi connectivity index (χ0) is 11.5. The van der Waals surface area contributed by atoms with Crippen LogP contribution in [0.15, 0.2) is 12.7 Å². The van der Waals surface area contributed by atoms with Gasteiger partial charge in [0.2, 0.25) is 0 Å². The van der Waals surface area contributed by atoms with Crippen LogP contribution in [0.5, 0.6) is 0 Å². The van der Waals surface area contributed by atoms with Crippen LogP contribution >= 0.6 is 15.9 Å². The third-order valence-electron chi connectivity index (χ3n) is 2.70. The molecule has 90 valence electrons. The van der Waals surface area contributed by atoms with E-state index in [1.165, 1.54) is 44.9 Å². The van der Waals surface area contributed by atoms with Gasteiger partial charge >= 0.3 is 0 Å². The van der Waals surface area contributed by atoms with Crippen LogP contribution in [0.2, 0.25) is 0 Å². The SMILES string of the molecule is C=CC(O)C(Br)CCCCCCCCC. The minimum Gasteiger partial charge on any atom is -0.388 e. The average molecular weight is 277 g/mol. The molecule has 1 nitrogen and oxygen atoms in total. The molecule has 0 fully saturated rings. The van der Waals surface area contributed by atoms with Crippen molar-refractivity contribution >= 4 is 15.9 Å². The van der Waals surface area contributed by atoms with Crippen molar-refractivity contribution in [2.75, 3.05) is 0 Å². The Bertz CT molecular complexity index is 147. The summed E-state index contributed by atoms with van der Waals surface area (Å²) in [4.78, 5) is 0.186. The minimum atomic E-state index is -0.398. The van der Waals surface area contributed by atoms with Crippen molar-refractivity contribution in [1.82, 2.24) is 0 Å². The van der Waals surface area contributed by atoms with Gasteiger partial charge in [0.05, 0.1) is 6.10 Å². The summed E-state index contributed by atoms with van der Waals surface area (Å²) < 4.78 is 0. The van der Waals surface area contributed by atoms with Gasteiger partial charge in [0.1, 0.15) is 0 Å². The highest BCUT2D eigenvalue weighted by atomic mass is 79.9. The van der Waals surface area contributed by atoms with Crippen LogP contribution in [-0.4, -0.2) is 16.0 Å². The highest BCUT2D eigenvalue weighted by Gasteiger charge is 2.11. The second kappa shape index (κ2) is 10.7. The molecular formula is C13H25BrO. The number of aliphatic hydroxyl groups excluding tert-OH is 1. The predicted octanol–water partition coefficient (Wildman–Crippen LogP) is 4.44. The Morgan fingerprint density at radius 3 is 2.20 bits per heavy atom. The Balaban J connectivity index is 3.19.